The molecule has 1 heterocycles. The fourth-order valence-corrected chi connectivity index (χ4v) is 2.11. The number of anilines is 2. The third-order valence-electron chi connectivity index (χ3n) is 2.41. The first-order valence-corrected chi connectivity index (χ1v) is 8.15. The van der Waals surface area contributed by atoms with Crippen molar-refractivity contribution in [3.8, 4) is 0 Å². The lowest BCUT2D eigenvalue weighted by molar-refractivity contribution is 0.600. The summed E-state index contributed by atoms with van der Waals surface area (Å²) in [6, 6.07) is 1.69. The predicted molar refractivity (Wildman–Crippen MR) is 76.7 cm³/mol. The van der Waals surface area contributed by atoms with Crippen molar-refractivity contribution in [1.29, 1.82) is 0 Å². The fourth-order valence-electron chi connectivity index (χ4n) is 1.44. The number of hydrazine groups is 1. The minimum atomic E-state index is -2.92. The van der Waals surface area contributed by atoms with Crippen molar-refractivity contribution in [3.05, 3.63) is 11.9 Å². The Morgan fingerprint density at radius 2 is 1.95 bits per heavy atom. The second kappa shape index (κ2) is 6.67. The number of nitrogens with one attached hydrogen (secondary N) is 2. The molecule has 0 aromatic carbocycles. The fraction of sp³-hybridized carbons (Fsp3) is 0.636. The zero-order chi connectivity index (χ0) is 14.5. The molecule has 0 fully saturated rings. The summed E-state index contributed by atoms with van der Waals surface area (Å²) in [6.07, 6.45) is 1.76. The number of sulfone groups is 1. The van der Waals surface area contributed by atoms with Crippen LogP contribution in [0.15, 0.2) is 6.07 Å². The van der Waals surface area contributed by atoms with E-state index >= 15 is 0 Å². The highest BCUT2D eigenvalue weighted by molar-refractivity contribution is 7.90. The number of nitrogens with zero attached hydrogens (tertiary/aromatic N) is 2. The molecule has 1 rings (SSSR count). The Morgan fingerprint density at radius 3 is 2.47 bits per heavy atom. The zero-order valence-corrected chi connectivity index (χ0v) is 12.3. The van der Waals surface area contributed by atoms with Crippen molar-refractivity contribution in [2.24, 2.45) is 5.84 Å². The molecule has 0 bridgehead atoms. The maximum Gasteiger partial charge on any atom is 0.147 e. The van der Waals surface area contributed by atoms with E-state index in [1.807, 2.05) is 13.8 Å². The third-order valence-corrected chi connectivity index (χ3v) is 3.44. The summed E-state index contributed by atoms with van der Waals surface area (Å²) >= 11 is 0. The van der Waals surface area contributed by atoms with Gasteiger partial charge in [0.05, 0.1) is 5.75 Å². The van der Waals surface area contributed by atoms with Gasteiger partial charge in [-0.2, -0.15) is 0 Å². The van der Waals surface area contributed by atoms with Gasteiger partial charge in [-0.3, -0.25) is 0 Å². The lowest BCUT2D eigenvalue weighted by Gasteiger charge is -2.11. The van der Waals surface area contributed by atoms with Crippen molar-refractivity contribution in [3.63, 3.8) is 0 Å². The van der Waals surface area contributed by atoms with Crippen LogP contribution in [0.2, 0.25) is 0 Å². The Kier molecular flexibility index (Phi) is 5.49. The quantitative estimate of drug-likeness (QED) is 0.385. The number of aromatic nitrogens is 2. The Balaban J connectivity index is 2.65. The average molecular weight is 287 g/mol. The Bertz CT molecular complexity index is 516. The molecule has 19 heavy (non-hydrogen) atoms. The number of hydrogen-bond acceptors (Lipinski definition) is 7. The Morgan fingerprint density at radius 1 is 1.32 bits per heavy atom. The summed E-state index contributed by atoms with van der Waals surface area (Å²) in [5, 5.41) is 3.08. The second-order valence-electron chi connectivity index (χ2n) is 4.71. The monoisotopic (exact) mass is 287 g/mol. The van der Waals surface area contributed by atoms with Gasteiger partial charge in [-0.05, 0) is 6.42 Å². The minimum absolute atomic E-state index is 0.157. The molecular weight excluding hydrogens is 266 g/mol. The lowest BCUT2D eigenvalue weighted by Crippen LogP contribution is -2.14. The van der Waals surface area contributed by atoms with E-state index in [-0.39, 0.29) is 11.7 Å². The van der Waals surface area contributed by atoms with E-state index in [1.165, 1.54) is 6.26 Å². The van der Waals surface area contributed by atoms with Crippen LogP contribution in [0.3, 0.4) is 0 Å². The molecule has 108 valence electrons. The second-order valence-corrected chi connectivity index (χ2v) is 6.97. The predicted octanol–water partition coefficient (Wildman–Crippen LogP) is 0.732. The van der Waals surface area contributed by atoms with Crippen LogP contribution in [0.25, 0.3) is 0 Å². The van der Waals surface area contributed by atoms with Crippen molar-refractivity contribution >= 4 is 21.5 Å². The van der Waals surface area contributed by atoms with Crippen LogP contribution < -0.4 is 16.6 Å². The minimum Gasteiger partial charge on any atom is -0.370 e. The van der Waals surface area contributed by atoms with Gasteiger partial charge in [0.1, 0.15) is 27.3 Å². The Hall–Kier alpha value is -1.41. The van der Waals surface area contributed by atoms with Gasteiger partial charge < -0.3 is 10.7 Å². The molecule has 0 aliphatic rings. The molecule has 0 aliphatic carbocycles. The van der Waals surface area contributed by atoms with Gasteiger partial charge >= 0.3 is 0 Å². The van der Waals surface area contributed by atoms with Gasteiger partial charge in [0, 0.05) is 24.8 Å². The molecule has 0 radical (unpaired) electrons. The van der Waals surface area contributed by atoms with E-state index in [0.29, 0.717) is 30.4 Å². The maximum absolute atomic E-state index is 11.0. The van der Waals surface area contributed by atoms with Crippen molar-refractivity contribution < 1.29 is 8.42 Å². The number of nitrogen functional groups attached to an aromatic ring is 1. The summed E-state index contributed by atoms with van der Waals surface area (Å²) < 4.78 is 22.0. The Labute approximate surface area is 113 Å². The maximum atomic E-state index is 11.0. The van der Waals surface area contributed by atoms with Crippen LogP contribution in [-0.4, -0.2) is 36.9 Å². The van der Waals surface area contributed by atoms with Gasteiger partial charge in [-0.1, -0.05) is 13.8 Å². The SMILES string of the molecule is CC(C)c1nc(NN)cc(NCCCS(C)(=O)=O)n1. The largest absolute Gasteiger partial charge is 0.370 e. The van der Waals surface area contributed by atoms with E-state index in [2.05, 4.69) is 20.7 Å². The first-order valence-electron chi connectivity index (χ1n) is 6.09. The van der Waals surface area contributed by atoms with E-state index < -0.39 is 9.84 Å². The smallest absolute Gasteiger partial charge is 0.147 e. The molecule has 0 aliphatic heterocycles. The van der Waals surface area contributed by atoms with Crippen LogP contribution in [0.4, 0.5) is 11.6 Å². The van der Waals surface area contributed by atoms with Crippen LogP contribution in [0.5, 0.6) is 0 Å². The lowest BCUT2D eigenvalue weighted by atomic mass is 10.2. The first-order chi connectivity index (χ1) is 8.81. The van der Waals surface area contributed by atoms with Gasteiger partial charge in [0.25, 0.3) is 0 Å². The van der Waals surface area contributed by atoms with Crippen LogP contribution in [0, 0.1) is 0 Å². The highest BCUT2D eigenvalue weighted by Crippen LogP contribution is 2.16. The molecule has 0 saturated carbocycles. The molecule has 4 N–H and O–H groups in total. The number of hydrogen-bond donors (Lipinski definition) is 3. The summed E-state index contributed by atoms with van der Waals surface area (Å²) in [5.41, 5.74) is 2.49. The van der Waals surface area contributed by atoms with Crippen molar-refractivity contribution in [2.75, 3.05) is 29.3 Å². The van der Waals surface area contributed by atoms with Crippen LogP contribution >= 0.6 is 0 Å². The third kappa shape index (κ3) is 5.84. The van der Waals surface area contributed by atoms with Gasteiger partial charge in [0.15, 0.2) is 0 Å². The molecule has 0 amide bonds. The summed E-state index contributed by atoms with van der Waals surface area (Å²) in [5.74, 6) is 7.55. The number of nitrogens with two attached hydrogens (primary N) is 1. The highest BCUT2D eigenvalue weighted by atomic mass is 32.2. The molecule has 0 spiro atoms. The summed E-state index contributed by atoms with van der Waals surface area (Å²) in [4.78, 5) is 8.58. The van der Waals surface area contributed by atoms with E-state index in [0.717, 1.165) is 0 Å². The van der Waals surface area contributed by atoms with Gasteiger partial charge in [-0.25, -0.2) is 24.2 Å². The van der Waals surface area contributed by atoms with Gasteiger partial charge in [0.2, 0.25) is 0 Å². The number of rotatable bonds is 7. The van der Waals surface area contributed by atoms with E-state index in [4.69, 9.17) is 5.84 Å². The van der Waals surface area contributed by atoms with Crippen molar-refractivity contribution in [1.82, 2.24) is 9.97 Å². The summed E-state index contributed by atoms with van der Waals surface area (Å²) in [7, 11) is -2.92. The molecule has 1 aromatic rings. The standard InChI is InChI=1S/C11H21N5O2S/c1-8(2)11-14-9(7-10(15-11)16-12)13-5-4-6-19(3,17)18/h7-8H,4-6,12H2,1-3H3,(H2,13,14,15,16). The van der Waals surface area contributed by atoms with Gasteiger partial charge in [-0.15, -0.1) is 0 Å². The van der Waals surface area contributed by atoms with Crippen LogP contribution in [0.1, 0.15) is 32.0 Å². The van der Waals surface area contributed by atoms with Crippen LogP contribution in [-0.2, 0) is 9.84 Å². The zero-order valence-electron chi connectivity index (χ0n) is 11.5. The molecular formula is C11H21N5O2S. The van der Waals surface area contributed by atoms with E-state index in [9.17, 15) is 8.42 Å². The normalized spacial score (nSPS) is 11.6. The highest BCUT2D eigenvalue weighted by Gasteiger charge is 2.08. The topological polar surface area (TPSA) is 110 Å². The molecule has 0 unspecified atom stereocenters. The van der Waals surface area contributed by atoms with E-state index in [1.54, 1.807) is 6.07 Å². The average Bonchev–Trinajstić information content (AvgIpc) is 2.33. The molecule has 1 aromatic heterocycles. The molecule has 0 atom stereocenters. The summed E-state index contributed by atoms with van der Waals surface area (Å²) in [6.45, 7) is 4.51. The molecule has 8 heteroatoms. The molecule has 7 nitrogen and oxygen atoms in total. The van der Waals surface area contributed by atoms with Crippen molar-refractivity contribution in [2.45, 2.75) is 26.2 Å². The first kappa shape index (κ1) is 15.6. The molecule has 0 saturated heterocycles.